The van der Waals surface area contributed by atoms with E-state index in [0.717, 1.165) is 12.1 Å². The van der Waals surface area contributed by atoms with Crippen LogP contribution >= 0.6 is 11.6 Å². The summed E-state index contributed by atoms with van der Waals surface area (Å²) in [5.74, 6) is -2.39. The summed E-state index contributed by atoms with van der Waals surface area (Å²) in [7, 11) is 0. The maximum Gasteiger partial charge on any atom is 0.313 e. The van der Waals surface area contributed by atoms with Crippen molar-refractivity contribution in [1.82, 2.24) is 5.32 Å². The lowest BCUT2D eigenvalue weighted by atomic mass is 9.81. The number of hydrogen-bond donors (Lipinski definition) is 3. The molecule has 23 heavy (non-hydrogen) atoms. The minimum Gasteiger partial charge on any atom is -0.392 e. The number of anilines is 1. The molecule has 1 unspecified atom stereocenters. The Labute approximate surface area is 140 Å². The van der Waals surface area contributed by atoms with Crippen LogP contribution in [0.2, 0.25) is 5.02 Å². The molecule has 2 amide bonds. The van der Waals surface area contributed by atoms with Gasteiger partial charge in [-0.15, -0.1) is 0 Å². The number of hydrogen-bond acceptors (Lipinski definition) is 3. The van der Waals surface area contributed by atoms with E-state index < -0.39 is 29.2 Å². The van der Waals surface area contributed by atoms with Gasteiger partial charge < -0.3 is 15.7 Å². The first kappa shape index (κ1) is 19.4. The Morgan fingerprint density at radius 1 is 1.30 bits per heavy atom. The maximum absolute atomic E-state index is 13.1. The van der Waals surface area contributed by atoms with Crippen LogP contribution in [0.15, 0.2) is 18.2 Å². The van der Waals surface area contributed by atoms with E-state index in [4.69, 9.17) is 11.6 Å². The number of nitrogens with one attached hydrogen (secondary N) is 2. The van der Waals surface area contributed by atoms with Crippen molar-refractivity contribution in [1.29, 1.82) is 0 Å². The summed E-state index contributed by atoms with van der Waals surface area (Å²) >= 11 is 5.82. The van der Waals surface area contributed by atoms with Crippen molar-refractivity contribution in [2.45, 2.75) is 33.8 Å². The number of aliphatic hydroxyl groups excluding tert-OH is 1. The Bertz CT molecular complexity index is 591. The lowest BCUT2D eigenvalue weighted by molar-refractivity contribution is -0.136. The van der Waals surface area contributed by atoms with Gasteiger partial charge in [0.05, 0.1) is 16.8 Å². The van der Waals surface area contributed by atoms with Crippen LogP contribution in [0.5, 0.6) is 0 Å². The smallest absolute Gasteiger partial charge is 0.313 e. The highest BCUT2D eigenvalue weighted by atomic mass is 35.5. The molecule has 0 aromatic heterocycles. The van der Waals surface area contributed by atoms with E-state index in [2.05, 4.69) is 10.6 Å². The van der Waals surface area contributed by atoms with Gasteiger partial charge in [-0.25, -0.2) is 4.39 Å². The van der Waals surface area contributed by atoms with E-state index in [1.165, 1.54) is 6.07 Å². The highest BCUT2D eigenvalue weighted by molar-refractivity contribution is 6.41. The summed E-state index contributed by atoms with van der Waals surface area (Å²) in [6, 6.07) is 3.46. The van der Waals surface area contributed by atoms with Crippen molar-refractivity contribution in [2.75, 3.05) is 11.9 Å². The molecule has 128 valence electrons. The zero-order valence-corrected chi connectivity index (χ0v) is 14.4. The van der Waals surface area contributed by atoms with E-state index in [1.54, 1.807) is 13.8 Å². The summed E-state index contributed by atoms with van der Waals surface area (Å²) in [6.07, 6.45) is -0.636. The molecule has 0 fully saturated rings. The molecule has 0 saturated heterocycles. The third kappa shape index (κ3) is 5.48. The highest BCUT2D eigenvalue weighted by Gasteiger charge is 2.31. The van der Waals surface area contributed by atoms with Crippen LogP contribution in [-0.4, -0.2) is 29.6 Å². The Balaban J connectivity index is 2.64. The molecule has 1 rings (SSSR count). The van der Waals surface area contributed by atoms with E-state index in [-0.39, 0.29) is 23.2 Å². The van der Waals surface area contributed by atoms with Crippen LogP contribution in [0.1, 0.15) is 27.7 Å². The zero-order chi connectivity index (χ0) is 17.8. The molecule has 1 atom stereocenters. The molecule has 0 aliphatic heterocycles. The fraction of sp³-hybridized carbons (Fsp3) is 0.500. The average Bonchev–Trinajstić information content (AvgIpc) is 2.47. The third-order valence-electron chi connectivity index (χ3n) is 3.52. The van der Waals surface area contributed by atoms with Crippen LogP contribution in [-0.2, 0) is 9.59 Å². The molecule has 0 spiro atoms. The van der Waals surface area contributed by atoms with Crippen LogP contribution in [0, 0.1) is 17.2 Å². The number of amides is 2. The largest absolute Gasteiger partial charge is 0.392 e. The number of rotatable bonds is 5. The summed E-state index contributed by atoms with van der Waals surface area (Å²) < 4.78 is 13.1. The second-order valence-corrected chi connectivity index (χ2v) is 6.85. The minimum absolute atomic E-state index is 0.0156. The predicted molar refractivity (Wildman–Crippen MR) is 87.7 cm³/mol. The molecule has 1 aromatic carbocycles. The van der Waals surface area contributed by atoms with Gasteiger partial charge in [-0.1, -0.05) is 39.3 Å². The van der Waals surface area contributed by atoms with Gasteiger partial charge in [0, 0.05) is 12.0 Å². The predicted octanol–water partition coefficient (Wildman–Crippen LogP) is 2.58. The highest BCUT2D eigenvalue weighted by Crippen LogP contribution is 2.25. The molecule has 0 aliphatic rings. The van der Waals surface area contributed by atoms with Crippen LogP contribution < -0.4 is 10.6 Å². The van der Waals surface area contributed by atoms with Gasteiger partial charge in [0.15, 0.2) is 0 Å². The maximum atomic E-state index is 13.1. The van der Waals surface area contributed by atoms with E-state index in [0.29, 0.717) is 0 Å². The van der Waals surface area contributed by atoms with Gasteiger partial charge in [0.2, 0.25) is 0 Å². The van der Waals surface area contributed by atoms with Gasteiger partial charge >= 0.3 is 11.8 Å². The van der Waals surface area contributed by atoms with Crippen molar-refractivity contribution in [3.8, 4) is 0 Å². The topological polar surface area (TPSA) is 78.4 Å². The molecule has 5 nitrogen and oxygen atoms in total. The molecule has 0 radical (unpaired) electrons. The molecular formula is C16H22ClFN2O3. The normalized spacial score (nSPS) is 12.9. The molecule has 0 aliphatic carbocycles. The van der Waals surface area contributed by atoms with Crippen LogP contribution in [0.25, 0.3) is 0 Å². The van der Waals surface area contributed by atoms with Gasteiger partial charge in [-0.05, 0) is 24.1 Å². The lowest BCUT2D eigenvalue weighted by Crippen LogP contribution is -2.46. The minimum atomic E-state index is -0.952. The first-order valence-electron chi connectivity index (χ1n) is 7.27. The molecule has 1 aromatic rings. The summed E-state index contributed by atoms with van der Waals surface area (Å²) in [4.78, 5) is 23.7. The number of aliphatic hydroxyl groups is 1. The van der Waals surface area contributed by atoms with Gasteiger partial charge in [-0.3, -0.25) is 9.59 Å². The standard InChI is InChI=1S/C16H22ClFN2O3/c1-9(2)13(21)16(3,4)8-19-14(22)15(23)20-12-7-10(18)5-6-11(12)17/h5-7,9,13,21H,8H2,1-4H3,(H,19,22)(H,20,23). The monoisotopic (exact) mass is 344 g/mol. The fourth-order valence-corrected chi connectivity index (χ4v) is 2.33. The Morgan fingerprint density at radius 2 is 1.91 bits per heavy atom. The van der Waals surface area contributed by atoms with Crippen molar-refractivity contribution >= 4 is 29.1 Å². The second kappa shape index (κ2) is 7.75. The first-order chi connectivity index (χ1) is 10.5. The Hall–Kier alpha value is -1.66. The van der Waals surface area contributed by atoms with E-state index in [9.17, 15) is 19.1 Å². The second-order valence-electron chi connectivity index (χ2n) is 6.44. The van der Waals surface area contributed by atoms with Gasteiger partial charge in [0.25, 0.3) is 0 Å². The molecule has 7 heteroatoms. The van der Waals surface area contributed by atoms with Crippen LogP contribution in [0.3, 0.4) is 0 Å². The van der Waals surface area contributed by atoms with Crippen molar-refractivity contribution in [2.24, 2.45) is 11.3 Å². The Morgan fingerprint density at radius 3 is 2.48 bits per heavy atom. The Kier molecular flexibility index (Phi) is 6.53. The van der Waals surface area contributed by atoms with Gasteiger partial charge in [-0.2, -0.15) is 0 Å². The molecular weight excluding hydrogens is 323 g/mol. The SMILES string of the molecule is CC(C)C(O)C(C)(C)CNC(=O)C(=O)Nc1cc(F)ccc1Cl. The lowest BCUT2D eigenvalue weighted by Gasteiger charge is -2.33. The molecule has 0 bridgehead atoms. The fourth-order valence-electron chi connectivity index (χ4n) is 2.17. The summed E-state index contributed by atoms with van der Waals surface area (Å²) in [6.45, 7) is 7.44. The molecule has 0 saturated carbocycles. The zero-order valence-electron chi connectivity index (χ0n) is 13.6. The number of halogens is 2. The molecule has 0 heterocycles. The summed E-state index contributed by atoms with van der Waals surface area (Å²) in [5, 5.41) is 14.9. The number of carbonyl (C=O) groups excluding carboxylic acids is 2. The number of carbonyl (C=O) groups is 2. The quantitative estimate of drug-likeness (QED) is 0.718. The van der Waals surface area contributed by atoms with Gasteiger partial charge in [0.1, 0.15) is 5.82 Å². The van der Waals surface area contributed by atoms with Crippen molar-refractivity contribution in [3.05, 3.63) is 29.0 Å². The van der Waals surface area contributed by atoms with Crippen LogP contribution in [0.4, 0.5) is 10.1 Å². The molecule has 3 N–H and O–H groups in total. The average molecular weight is 345 g/mol. The van der Waals surface area contributed by atoms with Crippen molar-refractivity contribution in [3.63, 3.8) is 0 Å². The van der Waals surface area contributed by atoms with Crippen molar-refractivity contribution < 1.29 is 19.1 Å². The number of benzene rings is 1. The third-order valence-corrected chi connectivity index (χ3v) is 3.85. The van der Waals surface area contributed by atoms with E-state index in [1.807, 2.05) is 13.8 Å². The first-order valence-corrected chi connectivity index (χ1v) is 7.64. The summed E-state index contributed by atoms with van der Waals surface area (Å²) in [5.41, 5.74) is -0.575. The van der Waals surface area contributed by atoms with E-state index >= 15 is 0 Å².